The first kappa shape index (κ1) is 13.2. The second-order valence-electron chi connectivity index (χ2n) is 4.17. The minimum Gasteiger partial charge on any atom is -0.271 e. The quantitative estimate of drug-likeness (QED) is 0.468. The van der Waals surface area contributed by atoms with Gasteiger partial charge in [0.2, 0.25) is 0 Å². The van der Waals surface area contributed by atoms with Crippen molar-refractivity contribution in [3.63, 3.8) is 0 Å². The molecule has 1 unspecified atom stereocenters. The lowest BCUT2D eigenvalue weighted by atomic mass is 9.96. The van der Waals surface area contributed by atoms with E-state index >= 15 is 0 Å². The van der Waals surface area contributed by atoms with Crippen molar-refractivity contribution in [2.75, 3.05) is 0 Å². The molecule has 2 nitrogen and oxygen atoms in total. The molecular weight excluding hydrogens is 220 g/mol. The van der Waals surface area contributed by atoms with Gasteiger partial charge in [-0.1, -0.05) is 29.3 Å². The molecule has 0 aliphatic carbocycles. The maximum absolute atomic E-state index is 6.09. The zero-order valence-electron chi connectivity index (χ0n) is 9.89. The van der Waals surface area contributed by atoms with E-state index in [1.54, 1.807) is 0 Å². The summed E-state index contributed by atoms with van der Waals surface area (Å²) >= 11 is 6.09. The fourth-order valence-electron chi connectivity index (χ4n) is 1.72. The van der Waals surface area contributed by atoms with Crippen LogP contribution in [0.4, 0.5) is 0 Å². The van der Waals surface area contributed by atoms with Gasteiger partial charge in [0.15, 0.2) is 0 Å². The topological polar surface area (TPSA) is 38.0 Å². The van der Waals surface area contributed by atoms with Gasteiger partial charge in [-0.25, -0.2) is 0 Å². The number of hydrogen-bond acceptors (Lipinski definition) is 2. The Hall–Kier alpha value is -0.830. The van der Waals surface area contributed by atoms with Crippen molar-refractivity contribution in [2.24, 2.45) is 5.84 Å². The number of halogens is 1. The predicted octanol–water partition coefficient (Wildman–Crippen LogP) is 3.51. The van der Waals surface area contributed by atoms with E-state index in [0.29, 0.717) is 0 Å². The second kappa shape index (κ2) is 6.04. The Morgan fingerprint density at radius 3 is 2.81 bits per heavy atom. The lowest BCUT2D eigenvalue weighted by Gasteiger charge is -2.19. The van der Waals surface area contributed by atoms with Crippen LogP contribution in [0.1, 0.15) is 36.9 Å². The number of hydrogen-bond donors (Lipinski definition) is 2. The Morgan fingerprint density at radius 1 is 1.56 bits per heavy atom. The zero-order valence-corrected chi connectivity index (χ0v) is 10.6. The molecule has 0 aliphatic rings. The molecule has 0 fully saturated rings. The standard InChI is InChI=1S/C13H19ClN2/c1-9(2)7-8-13(16-15)11-5-4-6-12(14)10(11)3/h4-6,13,16H,1,7-8,15H2,2-3H3. The van der Waals surface area contributed by atoms with Crippen molar-refractivity contribution in [1.29, 1.82) is 0 Å². The normalized spacial score (nSPS) is 12.5. The first-order valence-electron chi connectivity index (χ1n) is 5.41. The highest BCUT2D eigenvalue weighted by Crippen LogP contribution is 2.27. The van der Waals surface area contributed by atoms with E-state index in [9.17, 15) is 0 Å². The molecule has 1 atom stereocenters. The molecular formula is C13H19ClN2. The highest BCUT2D eigenvalue weighted by molar-refractivity contribution is 6.31. The van der Waals surface area contributed by atoms with Crippen LogP contribution in [0.25, 0.3) is 0 Å². The maximum atomic E-state index is 6.09. The van der Waals surface area contributed by atoms with Crippen molar-refractivity contribution in [1.82, 2.24) is 5.43 Å². The van der Waals surface area contributed by atoms with Crippen molar-refractivity contribution in [3.8, 4) is 0 Å². The van der Waals surface area contributed by atoms with E-state index in [1.165, 1.54) is 5.57 Å². The van der Waals surface area contributed by atoms with Gasteiger partial charge in [0.05, 0.1) is 0 Å². The molecule has 88 valence electrons. The lowest BCUT2D eigenvalue weighted by molar-refractivity contribution is 0.513. The third-order valence-electron chi connectivity index (χ3n) is 2.75. The molecule has 3 N–H and O–H groups in total. The maximum Gasteiger partial charge on any atom is 0.0466 e. The molecule has 0 radical (unpaired) electrons. The molecule has 1 rings (SSSR count). The van der Waals surface area contributed by atoms with Crippen LogP contribution in [0.2, 0.25) is 5.02 Å². The average Bonchev–Trinajstić information content (AvgIpc) is 2.24. The molecule has 0 amide bonds. The SMILES string of the molecule is C=C(C)CCC(NN)c1cccc(Cl)c1C. The second-order valence-corrected chi connectivity index (χ2v) is 4.58. The van der Waals surface area contributed by atoms with Gasteiger partial charge in [-0.2, -0.15) is 0 Å². The van der Waals surface area contributed by atoms with Crippen LogP contribution < -0.4 is 11.3 Å². The van der Waals surface area contributed by atoms with Gasteiger partial charge in [-0.15, -0.1) is 6.58 Å². The van der Waals surface area contributed by atoms with Crippen LogP contribution in [-0.2, 0) is 0 Å². The van der Waals surface area contributed by atoms with Crippen LogP contribution in [0, 0.1) is 6.92 Å². The predicted molar refractivity (Wildman–Crippen MR) is 70.3 cm³/mol. The Kier molecular flexibility index (Phi) is 5.00. The average molecular weight is 239 g/mol. The van der Waals surface area contributed by atoms with Crippen LogP contribution >= 0.6 is 11.6 Å². The molecule has 1 aromatic rings. The minimum absolute atomic E-state index is 0.135. The van der Waals surface area contributed by atoms with E-state index in [2.05, 4.69) is 18.1 Å². The number of benzene rings is 1. The van der Waals surface area contributed by atoms with Gasteiger partial charge in [0, 0.05) is 11.1 Å². The van der Waals surface area contributed by atoms with Gasteiger partial charge in [-0.05, 0) is 43.9 Å². The molecule has 0 aromatic heterocycles. The number of hydrazine groups is 1. The van der Waals surface area contributed by atoms with Gasteiger partial charge in [0.1, 0.15) is 0 Å². The van der Waals surface area contributed by atoms with Crippen LogP contribution in [0.15, 0.2) is 30.4 Å². The first-order chi connectivity index (χ1) is 7.56. The molecule has 1 aromatic carbocycles. The summed E-state index contributed by atoms with van der Waals surface area (Å²) < 4.78 is 0. The highest BCUT2D eigenvalue weighted by atomic mass is 35.5. The molecule has 0 saturated carbocycles. The third-order valence-corrected chi connectivity index (χ3v) is 3.16. The summed E-state index contributed by atoms with van der Waals surface area (Å²) in [4.78, 5) is 0. The number of nitrogens with one attached hydrogen (secondary N) is 1. The Labute approximate surface area is 102 Å². The van der Waals surface area contributed by atoms with Crippen LogP contribution in [-0.4, -0.2) is 0 Å². The van der Waals surface area contributed by atoms with Crippen LogP contribution in [0.3, 0.4) is 0 Å². The summed E-state index contributed by atoms with van der Waals surface area (Å²) in [7, 11) is 0. The highest BCUT2D eigenvalue weighted by Gasteiger charge is 2.13. The molecule has 0 spiro atoms. The largest absolute Gasteiger partial charge is 0.271 e. The first-order valence-corrected chi connectivity index (χ1v) is 5.79. The molecule has 0 bridgehead atoms. The van der Waals surface area contributed by atoms with Crippen molar-refractivity contribution < 1.29 is 0 Å². The Morgan fingerprint density at radius 2 is 2.25 bits per heavy atom. The van der Waals surface area contributed by atoms with E-state index < -0.39 is 0 Å². The van der Waals surface area contributed by atoms with Gasteiger partial charge in [0.25, 0.3) is 0 Å². The van der Waals surface area contributed by atoms with E-state index in [-0.39, 0.29) is 6.04 Å². The Balaban J connectivity index is 2.86. The summed E-state index contributed by atoms with van der Waals surface area (Å²) in [5, 5.41) is 0.785. The van der Waals surface area contributed by atoms with Crippen molar-refractivity contribution >= 4 is 11.6 Å². The number of allylic oxidation sites excluding steroid dienone is 1. The fraction of sp³-hybridized carbons (Fsp3) is 0.385. The van der Waals surface area contributed by atoms with E-state index in [1.807, 2.05) is 26.0 Å². The molecule has 3 heteroatoms. The number of nitrogens with two attached hydrogens (primary N) is 1. The summed E-state index contributed by atoms with van der Waals surface area (Å²) in [5.41, 5.74) is 6.26. The lowest BCUT2D eigenvalue weighted by Crippen LogP contribution is -2.28. The van der Waals surface area contributed by atoms with Gasteiger partial charge in [-0.3, -0.25) is 11.3 Å². The van der Waals surface area contributed by atoms with E-state index in [0.717, 1.165) is 29.0 Å². The fourth-order valence-corrected chi connectivity index (χ4v) is 1.90. The summed E-state index contributed by atoms with van der Waals surface area (Å²) in [6.45, 7) is 7.94. The number of rotatable bonds is 5. The summed E-state index contributed by atoms with van der Waals surface area (Å²) in [6.07, 6.45) is 1.90. The smallest absolute Gasteiger partial charge is 0.0466 e. The summed E-state index contributed by atoms with van der Waals surface area (Å²) in [5.74, 6) is 5.59. The summed E-state index contributed by atoms with van der Waals surface area (Å²) in [6, 6.07) is 6.04. The Bertz CT molecular complexity index is 374. The van der Waals surface area contributed by atoms with Gasteiger partial charge >= 0.3 is 0 Å². The monoisotopic (exact) mass is 238 g/mol. The van der Waals surface area contributed by atoms with Gasteiger partial charge < -0.3 is 0 Å². The molecule has 0 aliphatic heterocycles. The molecule has 16 heavy (non-hydrogen) atoms. The van der Waals surface area contributed by atoms with Crippen LogP contribution in [0.5, 0.6) is 0 Å². The third kappa shape index (κ3) is 3.34. The van der Waals surface area contributed by atoms with Crippen molar-refractivity contribution in [3.05, 3.63) is 46.5 Å². The van der Waals surface area contributed by atoms with Crippen molar-refractivity contribution in [2.45, 2.75) is 32.7 Å². The minimum atomic E-state index is 0.135. The van der Waals surface area contributed by atoms with E-state index in [4.69, 9.17) is 17.4 Å². The zero-order chi connectivity index (χ0) is 12.1. The molecule has 0 saturated heterocycles. The molecule has 0 heterocycles.